The van der Waals surface area contributed by atoms with Crippen LogP contribution in [0.15, 0.2) is 60.8 Å². The molecule has 1 aliphatic heterocycles. The zero-order chi connectivity index (χ0) is 18.1. The maximum Gasteiger partial charge on any atom is 0.251 e. The van der Waals surface area contributed by atoms with Gasteiger partial charge in [0.15, 0.2) is 0 Å². The Labute approximate surface area is 154 Å². The van der Waals surface area contributed by atoms with Crippen LogP contribution in [0.5, 0.6) is 0 Å². The third-order valence-corrected chi connectivity index (χ3v) is 4.48. The number of benzene rings is 2. The van der Waals surface area contributed by atoms with Crippen molar-refractivity contribution in [1.29, 1.82) is 0 Å². The molecule has 6 nitrogen and oxygen atoms in total. The molecule has 4 rings (SSSR count). The van der Waals surface area contributed by atoms with Crippen LogP contribution in [0.25, 0.3) is 11.1 Å². The molecule has 26 heavy (non-hydrogen) atoms. The molecule has 0 aliphatic carbocycles. The van der Waals surface area contributed by atoms with Crippen molar-refractivity contribution in [3.8, 4) is 11.1 Å². The van der Waals surface area contributed by atoms with Crippen molar-refractivity contribution in [2.45, 2.75) is 12.5 Å². The Morgan fingerprint density at radius 2 is 1.88 bits per heavy atom. The maximum absolute atomic E-state index is 12.3. The Kier molecular flexibility index (Phi) is 4.18. The quantitative estimate of drug-likeness (QED) is 0.738. The number of carbonyl (C=O) groups excluding carboxylic acids is 2. The van der Waals surface area contributed by atoms with Gasteiger partial charge < -0.3 is 10.6 Å². The molecule has 0 bridgehead atoms. The van der Waals surface area contributed by atoms with Crippen molar-refractivity contribution >= 4 is 34.9 Å². The van der Waals surface area contributed by atoms with Crippen LogP contribution in [0.3, 0.4) is 0 Å². The van der Waals surface area contributed by atoms with E-state index in [-0.39, 0.29) is 18.2 Å². The molecule has 2 N–H and O–H groups in total. The summed E-state index contributed by atoms with van der Waals surface area (Å²) in [5, 5.41) is 10.5. The number of carbonyl (C=O) groups is 2. The highest BCUT2D eigenvalue weighted by Crippen LogP contribution is 2.35. The van der Waals surface area contributed by atoms with Crippen molar-refractivity contribution in [3.05, 3.63) is 65.8 Å². The van der Waals surface area contributed by atoms with Crippen LogP contribution >= 0.6 is 11.6 Å². The minimum Gasteiger partial charge on any atom is -0.326 e. The first kappa shape index (κ1) is 16.4. The van der Waals surface area contributed by atoms with E-state index in [1.54, 1.807) is 35.1 Å². The second kappa shape index (κ2) is 6.65. The molecule has 1 unspecified atom stereocenters. The number of hydrogen-bond donors (Lipinski definition) is 2. The Hall–Kier alpha value is -3.12. The first-order chi connectivity index (χ1) is 12.6. The molecular formula is C19H15ClN4O2. The largest absolute Gasteiger partial charge is 0.326 e. The molecule has 0 fully saturated rings. The van der Waals surface area contributed by atoms with Crippen molar-refractivity contribution < 1.29 is 9.59 Å². The van der Waals surface area contributed by atoms with Crippen molar-refractivity contribution in [2.24, 2.45) is 0 Å². The number of anilines is 2. The summed E-state index contributed by atoms with van der Waals surface area (Å²) in [6.07, 6.45) is 1.70. The first-order valence-corrected chi connectivity index (χ1v) is 8.49. The SMILES string of the molecule is O=C(CC1C(=O)Nc2c(-c3ccccc3)cnn21)Nc1ccc(Cl)cc1. The fraction of sp³-hybridized carbons (Fsp3) is 0.105. The number of rotatable bonds is 4. The van der Waals surface area contributed by atoms with Gasteiger partial charge in [0.2, 0.25) is 5.91 Å². The van der Waals surface area contributed by atoms with Crippen molar-refractivity contribution in [1.82, 2.24) is 9.78 Å². The smallest absolute Gasteiger partial charge is 0.251 e. The predicted octanol–water partition coefficient (Wildman–Crippen LogP) is 3.73. The van der Waals surface area contributed by atoms with E-state index in [4.69, 9.17) is 11.6 Å². The minimum atomic E-state index is -0.672. The molecule has 0 saturated heterocycles. The van der Waals surface area contributed by atoms with E-state index in [1.165, 1.54) is 0 Å². The Morgan fingerprint density at radius 1 is 1.15 bits per heavy atom. The Morgan fingerprint density at radius 3 is 2.62 bits per heavy atom. The summed E-state index contributed by atoms with van der Waals surface area (Å²) in [5.41, 5.74) is 2.42. The number of fused-ring (bicyclic) bond motifs is 1. The van der Waals surface area contributed by atoms with Gasteiger partial charge in [-0.25, -0.2) is 4.68 Å². The average molecular weight is 367 g/mol. The summed E-state index contributed by atoms with van der Waals surface area (Å²) in [5.74, 6) is 0.110. The summed E-state index contributed by atoms with van der Waals surface area (Å²) in [6.45, 7) is 0. The van der Waals surface area contributed by atoms with E-state index in [0.717, 1.165) is 11.1 Å². The molecule has 1 aromatic heterocycles. The summed E-state index contributed by atoms with van der Waals surface area (Å²) in [7, 11) is 0. The molecule has 2 aromatic carbocycles. The van der Waals surface area contributed by atoms with Gasteiger partial charge in [-0.05, 0) is 29.8 Å². The number of aromatic nitrogens is 2. The number of halogens is 1. The summed E-state index contributed by atoms with van der Waals surface area (Å²) >= 11 is 5.84. The highest BCUT2D eigenvalue weighted by Gasteiger charge is 2.35. The minimum absolute atomic E-state index is 0.00261. The summed E-state index contributed by atoms with van der Waals surface area (Å²) in [4.78, 5) is 24.7. The monoisotopic (exact) mass is 366 g/mol. The zero-order valence-electron chi connectivity index (χ0n) is 13.6. The number of nitrogens with one attached hydrogen (secondary N) is 2. The van der Waals surface area contributed by atoms with Gasteiger partial charge in [-0.15, -0.1) is 0 Å². The highest BCUT2D eigenvalue weighted by molar-refractivity contribution is 6.30. The molecule has 2 amide bonds. The van der Waals surface area contributed by atoms with E-state index in [0.29, 0.717) is 16.5 Å². The third kappa shape index (κ3) is 3.07. The van der Waals surface area contributed by atoms with Crippen LogP contribution in [0.4, 0.5) is 11.5 Å². The van der Waals surface area contributed by atoms with Crippen molar-refractivity contribution in [2.75, 3.05) is 10.6 Å². The van der Waals surface area contributed by atoms with Gasteiger partial charge in [-0.3, -0.25) is 9.59 Å². The van der Waals surface area contributed by atoms with Crippen molar-refractivity contribution in [3.63, 3.8) is 0 Å². The van der Waals surface area contributed by atoms with Gasteiger partial charge >= 0.3 is 0 Å². The van der Waals surface area contributed by atoms with Crippen LogP contribution in [-0.4, -0.2) is 21.6 Å². The fourth-order valence-electron chi connectivity index (χ4n) is 2.96. The standard InChI is InChI=1S/C19H15ClN4O2/c20-13-6-8-14(9-7-13)22-17(25)10-16-19(26)23-18-15(11-21-24(16)18)12-4-2-1-3-5-12/h1-9,11,16H,10H2,(H,22,25)(H,23,26). The average Bonchev–Trinajstić information content (AvgIpc) is 3.18. The predicted molar refractivity (Wildman–Crippen MR) is 100 cm³/mol. The molecule has 3 aromatic rings. The van der Waals surface area contributed by atoms with E-state index in [2.05, 4.69) is 15.7 Å². The lowest BCUT2D eigenvalue weighted by Gasteiger charge is -2.10. The van der Waals surface area contributed by atoms with E-state index in [9.17, 15) is 9.59 Å². The maximum atomic E-state index is 12.3. The van der Waals surface area contributed by atoms with Gasteiger partial charge in [0.05, 0.1) is 12.6 Å². The first-order valence-electron chi connectivity index (χ1n) is 8.11. The molecule has 0 radical (unpaired) electrons. The molecule has 7 heteroatoms. The molecular weight excluding hydrogens is 352 g/mol. The summed E-state index contributed by atoms with van der Waals surface area (Å²) < 4.78 is 1.58. The Balaban J connectivity index is 1.52. The van der Waals surface area contributed by atoms with Gasteiger partial charge in [-0.2, -0.15) is 5.10 Å². The molecule has 1 atom stereocenters. The molecule has 0 saturated carbocycles. The lowest BCUT2D eigenvalue weighted by Crippen LogP contribution is -2.23. The molecule has 130 valence electrons. The van der Waals surface area contributed by atoms with Gasteiger partial charge in [0.25, 0.3) is 5.91 Å². The van der Waals surface area contributed by atoms with E-state index >= 15 is 0 Å². The zero-order valence-corrected chi connectivity index (χ0v) is 14.4. The van der Waals surface area contributed by atoms with Crippen LogP contribution in [0.1, 0.15) is 12.5 Å². The van der Waals surface area contributed by atoms with E-state index in [1.807, 2.05) is 30.3 Å². The van der Waals surface area contributed by atoms with Crippen LogP contribution in [-0.2, 0) is 9.59 Å². The number of amides is 2. The molecule has 1 aliphatic rings. The number of nitrogens with zero attached hydrogens (tertiary/aromatic N) is 2. The summed E-state index contributed by atoms with van der Waals surface area (Å²) in [6, 6.07) is 15.8. The molecule has 2 heterocycles. The van der Waals surface area contributed by atoms with Gasteiger partial charge in [0.1, 0.15) is 11.9 Å². The van der Waals surface area contributed by atoms with Gasteiger partial charge in [0, 0.05) is 16.3 Å². The molecule has 0 spiro atoms. The Bertz CT molecular complexity index is 967. The lowest BCUT2D eigenvalue weighted by atomic mass is 10.1. The lowest BCUT2D eigenvalue weighted by molar-refractivity contribution is -0.123. The second-order valence-electron chi connectivity index (χ2n) is 5.98. The van der Waals surface area contributed by atoms with Crippen LogP contribution in [0.2, 0.25) is 5.02 Å². The normalized spacial score (nSPS) is 15.4. The second-order valence-corrected chi connectivity index (χ2v) is 6.42. The van der Waals surface area contributed by atoms with Crippen LogP contribution < -0.4 is 10.6 Å². The number of hydrogen-bond acceptors (Lipinski definition) is 3. The van der Waals surface area contributed by atoms with E-state index < -0.39 is 6.04 Å². The topological polar surface area (TPSA) is 76.0 Å². The van der Waals surface area contributed by atoms with Gasteiger partial charge in [-0.1, -0.05) is 41.9 Å². The fourth-order valence-corrected chi connectivity index (χ4v) is 3.09. The highest BCUT2D eigenvalue weighted by atomic mass is 35.5. The third-order valence-electron chi connectivity index (χ3n) is 4.23. The van der Waals surface area contributed by atoms with Crippen LogP contribution in [0, 0.1) is 0 Å².